The van der Waals surface area contributed by atoms with E-state index in [1.807, 2.05) is 7.05 Å². The van der Waals surface area contributed by atoms with Crippen molar-refractivity contribution in [2.75, 3.05) is 13.6 Å². The van der Waals surface area contributed by atoms with Crippen LogP contribution in [0.2, 0.25) is 0 Å². The van der Waals surface area contributed by atoms with Crippen LogP contribution in [-0.2, 0) is 4.79 Å². The van der Waals surface area contributed by atoms with Crippen LogP contribution in [0.5, 0.6) is 0 Å². The zero-order valence-electron chi connectivity index (χ0n) is 7.09. The molecule has 1 atom stereocenters. The van der Waals surface area contributed by atoms with Gasteiger partial charge in [-0.05, 0) is 33.4 Å². The fourth-order valence-corrected chi connectivity index (χ4v) is 0.702. The standard InChI is InChI=1S/C7H16N2O.2CH4.BrH/c1-6(10)7(8)4-3-5-9-2;;;/h7,9H,3-5,8H2,1-2H3;2*1H4;1H/t7-;;;/m0.../s1. The molecule has 3 N–H and O–H groups in total. The Hall–Kier alpha value is 0.0700. The first kappa shape index (κ1) is 23.1. The lowest BCUT2D eigenvalue weighted by atomic mass is 10.1. The van der Waals surface area contributed by atoms with Crippen molar-refractivity contribution in [3.05, 3.63) is 0 Å². The molecule has 0 aromatic carbocycles. The number of halogens is 1. The maximum absolute atomic E-state index is 10.6. The van der Waals surface area contributed by atoms with E-state index >= 15 is 0 Å². The Morgan fingerprint density at radius 1 is 1.46 bits per heavy atom. The van der Waals surface area contributed by atoms with Gasteiger partial charge in [0.25, 0.3) is 0 Å². The van der Waals surface area contributed by atoms with Crippen LogP contribution in [-0.4, -0.2) is 25.4 Å². The molecule has 0 aliphatic rings. The minimum absolute atomic E-state index is 0. The number of nitrogens with one attached hydrogen (secondary N) is 1. The lowest BCUT2D eigenvalue weighted by molar-refractivity contribution is -0.118. The molecule has 0 heterocycles. The number of carbonyl (C=O) groups excluding carboxylic acids is 1. The maximum Gasteiger partial charge on any atom is 0.146 e. The van der Waals surface area contributed by atoms with E-state index in [1.54, 1.807) is 0 Å². The van der Waals surface area contributed by atoms with Crippen LogP contribution < -0.4 is 11.1 Å². The summed E-state index contributed by atoms with van der Waals surface area (Å²) in [5, 5.41) is 3.00. The summed E-state index contributed by atoms with van der Waals surface area (Å²) in [7, 11) is 1.89. The number of carbonyl (C=O) groups is 1. The van der Waals surface area contributed by atoms with Crippen molar-refractivity contribution in [1.82, 2.24) is 5.32 Å². The van der Waals surface area contributed by atoms with Crippen molar-refractivity contribution in [1.29, 1.82) is 0 Å². The highest BCUT2D eigenvalue weighted by atomic mass is 79.9. The van der Waals surface area contributed by atoms with Gasteiger partial charge >= 0.3 is 0 Å². The second-order valence-electron chi connectivity index (χ2n) is 2.46. The molecule has 0 radical (unpaired) electrons. The van der Waals surface area contributed by atoms with Crippen molar-refractivity contribution >= 4 is 22.8 Å². The van der Waals surface area contributed by atoms with Crippen LogP contribution in [0.1, 0.15) is 34.6 Å². The molecule has 0 spiro atoms. The van der Waals surface area contributed by atoms with E-state index in [0.29, 0.717) is 0 Å². The first-order valence-corrected chi connectivity index (χ1v) is 3.59. The van der Waals surface area contributed by atoms with Crippen LogP contribution in [0.3, 0.4) is 0 Å². The first-order valence-electron chi connectivity index (χ1n) is 3.59. The fourth-order valence-electron chi connectivity index (χ4n) is 0.702. The molecule has 0 aliphatic carbocycles. The summed E-state index contributed by atoms with van der Waals surface area (Å²) in [5.74, 6) is 0.0797. The lowest BCUT2D eigenvalue weighted by Crippen LogP contribution is -2.28. The Morgan fingerprint density at radius 3 is 2.23 bits per heavy atom. The van der Waals surface area contributed by atoms with Gasteiger partial charge in [0, 0.05) is 0 Å². The summed E-state index contributed by atoms with van der Waals surface area (Å²) in [6.45, 7) is 2.46. The minimum atomic E-state index is -0.256. The molecule has 0 amide bonds. The molecule has 3 nitrogen and oxygen atoms in total. The van der Waals surface area contributed by atoms with Gasteiger partial charge in [0.1, 0.15) is 5.78 Å². The molecule has 0 unspecified atom stereocenters. The third kappa shape index (κ3) is 14.9. The van der Waals surface area contributed by atoms with Crippen LogP contribution in [0.25, 0.3) is 0 Å². The maximum atomic E-state index is 10.6. The van der Waals surface area contributed by atoms with Gasteiger partial charge in [-0.25, -0.2) is 0 Å². The van der Waals surface area contributed by atoms with Crippen molar-refractivity contribution in [3.8, 4) is 0 Å². The monoisotopic (exact) mass is 256 g/mol. The third-order valence-corrected chi connectivity index (χ3v) is 1.46. The molecule has 0 fully saturated rings. The number of rotatable bonds is 5. The van der Waals surface area contributed by atoms with E-state index < -0.39 is 0 Å². The first-order chi connectivity index (χ1) is 4.68. The summed E-state index contributed by atoms with van der Waals surface area (Å²) < 4.78 is 0. The molecular weight excluding hydrogens is 232 g/mol. The highest BCUT2D eigenvalue weighted by molar-refractivity contribution is 8.93. The SMILES string of the molecule is Br.C.C.CNCCC[C@H](N)C(C)=O. The summed E-state index contributed by atoms with van der Waals surface area (Å²) in [6, 6.07) is -0.256. The van der Waals surface area contributed by atoms with Crippen molar-refractivity contribution in [3.63, 3.8) is 0 Å². The Balaban J connectivity index is -0.000000135. The Kier molecular flexibility index (Phi) is 26.0. The average Bonchev–Trinajstić information content (AvgIpc) is 1.88. The van der Waals surface area contributed by atoms with E-state index in [2.05, 4.69) is 5.32 Å². The van der Waals surface area contributed by atoms with Crippen LogP contribution in [0.4, 0.5) is 0 Å². The molecule has 0 saturated carbocycles. The largest absolute Gasteiger partial charge is 0.322 e. The summed E-state index contributed by atoms with van der Waals surface area (Å²) in [6.07, 6.45) is 1.76. The lowest BCUT2D eigenvalue weighted by Gasteiger charge is -2.05. The van der Waals surface area contributed by atoms with Crippen LogP contribution >= 0.6 is 17.0 Å². The van der Waals surface area contributed by atoms with Gasteiger partial charge in [0.2, 0.25) is 0 Å². The predicted molar refractivity (Wildman–Crippen MR) is 65.6 cm³/mol. The van der Waals surface area contributed by atoms with Gasteiger partial charge in [0.05, 0.1) is 6.04 Å². The van der Waals surface area contributed by atoms with Gasteiger partial charge in [-0.1, -0.05) is 14.9 Å². The molecule has 4 heteroatoms. The minimum Gasteiger partial charge on any atom is -0.322 e. The van der Waals surface area contributed by atoms with Gasteiger partial charge in [-0.2, -0.15) is 0 Å². The average molecular weight is 257 g/mol. The highest BCUT2D eigenvalue weighted by Gasteiger charge is 2.05. The van der Waals surface area contributed by atoms with E-state index in [0.717, 1.165) is 19.4 Å². The zero-order chi connectivity index (χ0) is 7.98. The topological polar surface area (TPSA) is 55.1 Å². The number of Topliss-reactive ketones (excluding diaryl/α,β-unsaturated/α-hetero) is 1. The van der Waals surface area contributed by atoms with Crippen molar-refractivity contribution in [2.24, 2.45) is 5.73 Å². The number of hydrogen-bond acceptors (Lipinski definition) is 3. The zero-order valence-corrected chi connectivity index (χ0v) is 8.81. The highest BCUT2D eigenvalue weighted by Crippen LogP contribution is 1.93. The molecule has 13 heavy (non-hydrogen) atoms. The van der Waals surface area contributed by atoms with E-state index in [-0.39, 0.29) is 43.7 Å². The second kappa shape index (κ2) is 14.6. The van der Waals surface area contributed by atoms with Gasteiger partial charge in [-0.3, -0.25) is 4.79 Å². The smallest absolute Gasteiger partial charge is 0.146 e. The van der Waals surface area contributed by atoms with Crippen molar-refractivity contribution < 1.29 is 4.79 Å². The van der Waals surface area contributed by atoms with Crippen LogP contribution in [0.15, 0.2) is 0 Å². The third-order valence-electron chi connectivity index (χ3n) is 1.46. The van der Waals surface area contributed by atoms with Gasteiger partial charge in [-0.15, -0.1) is 17.0 Å². The van der Waals surface area contributed by atoms with Gasteiger partial charge < -0.3 is 11.1 Å². The quantitative estimate of drug-likeness (QED) is 0.738. The fraction of sp³-hybridized carbons (Fsp3) is 0.889. The molecule has 0 bridgehead atoms. The number of nitrogens with two attached hydrogens (primary N) is 1. The molecule has 0 saturated heterocycles. The number of hydrogen-bond donors (Lipinski definition) is 2. The molecular formula is C9H25BrN2O. The van der Waals surface area contributed by atoms with Gasteiger partial charge in [0.15, 0.2) is 0 Å². The summed E-state index contributed by atoms with van der Waals surface area (Å²) in [4.78, 5) is 10.6. The van der Waals surface area contributed by atoms with E-state index in [1.165, 1.54) is 6.92 Å². The number of ketones is 1. The summed E-state index contributed by atoms with van der Waals surface area (Å²) in [5.41, 5.74) is 5.48. The molecule has 0 aromatic heterocycles. The van der Waals surface area contributed by atoms with E-state index in [4.69, 9.17) is 5.73 Å². The van der Waals surface area contributed by atoms with Crippen molar-refractivity contribution in [2.45, 2.75) is 40.7 Å². The van der Waals surface area contributed by atoms with E-state index in [9.17, 15) is 4.79 Å². The van der Waals surface area contributed by atoms with Crippen LogP contribution in [0, 0.1) is 0 Å². The molecule has 0 rings (SSSR count). The second-order valence-corrected chi connectivity index (χ2v) is 2.46. The normalized spacial score (nSPS) is 10.1. The molecule has 0 aromatic rings. The molecule has 0 aliphatic heterocycles. The molecule has 84 valence electrons. The Morgan fingerprint density at radius 2 is 1.92 bits per heavy atom. The summed E-state index contributed by atoms with van der Waals surface area (Å²) >= 11 is 0. The Labute approximate surface area is 93.2 Å². The predicted octanol–water partition coefficient (Wildman–Crippen LogP) is 1.75. The Bertz CT molecular complexity index is 110.